The largest absolute Gasteiger partial charge is 0.573 e. The highest BCUT2D eigenvalue weighted by Gasteiger charge is 2.41. The Labute approximate surface area is 242 Å². The predicted octanol–water partition coefficient (Wildman–Crippen LogP) is 4.01. The minimum absolute atomic E-state index is 0.128. The monoisotopic (exact) mass is 605 g/mol. The maximum atomic E-state index is 13.0. The molecule has 3 aromatic rings. The molecule has 2 aliphatic heterocycles. The van der Waals surface area contributed by atoms with E-state index in [2.05, 4.69) is 9.72 Å². The van der Waals surface area contributed by atoms with E-state index in [0.29, 0.717) is 36.5 Å². The zero-order chi connectivity index (χ0) is 30.8. The minimum Gasteiger partial charge on any atom is -0.489 e. The number of ether oxygens (including phenoxy) is 4. The molecule has 2 aliphatic rings. The van der Waals surface area contributed by atoms with Crippen LogP contribution < -0.4 is 14.2 Å². The number of hydrogen-bond acceptors (Lipinski definition) is 9. The number of imidazole rings is 1. The number of amides is 2. The van der Waals surface area contributed by atoms with Crippen LogP contribution in [-0.4, -0.2) is 81.0 Å². The fourth-order valence-corrected chi connectivity index (χ4v) is 4.58. The molecule has 1 unspecified atom stereocenters. The lowest BCUT2D eigenvalue weighted by molar-refractivity contribution is -0.389. The van der Waals surface area contributed by atoms with Crippen LogP contribution in [-0.2, 0) is 17.9 Å². The first-order chi connectivity index (χ1) is 20.4. The quantitative estimate of drug-likeness (QED) is 0.275. The van der Waals surface area contributed by atoms with Crippen molar-refractivity contribution in [1.29, 1.82) is 0 Å². The van der Waals surface area contributed by atoms with Crippen molar-refractivity contribution < 1.29 is 46.6 Å². The van der Waals surface area contributed by atoms with Crippen LogP contribution in [0.4, 0.5) is 23.8 Å². The molecule has 1 fully saturated rings. The lowest BCUT2D eigenvalue weighted by Gasteiger charge is -2.34. The van der Waals surface area contributed by atoms with Crippen molar-refractivity contribution in [1.82, 2.24) is 19.4 Å². The molecule has 2 amide bonds. The third-order valence-electron chi connectivity index (χ3n) is 6.75. The summed E-state index contributed by atoms with van der Waals surface area (Å²) in [7, 11) is 0. The molecule has 16 heteroatoms. The summed E-state index contributed by atoms with van der Waals surface area (Å²) in [4.78, 5) is 42.7. The third-order valence-corrected chi connectivity index (χ3v) is 6.75. The van der Waals surface area contributed by atoms with Crippen LogP contribution in [0.25, 0.3) is 0 Å². The molecule has 0 aliphatic carbocycles. The molecule has 0 spiro atoms. The van der Waals surface area contributed by atoms with Crippen LogP contribution in [0.15, 0.2) is 54.7 Å². The second-order valence-corrected chi connectivity index (χ2v) is 10.2. The molecule has 0 N–H and O–H groups in total. The van der Waals surface area contributed by atoms with Crippen LogP contribution in [0.3, 0.4) is 0 Å². The van der Waals surface area contributed by atoms with Crippen LogP contribution in [0.2, 0.25) is 0 Å². The first-order valence-electron chi connectivity index (χ1n) is 13.1. The highest BCUT2D eigenvalue weighted by molar-refractivity contribution is 5.94. The summed E-state index contributed by atoms with van der Waals surface area (Å²) < 4.78 is 59.1. The number of alkyl halides is 3. The van der Waals surface area contributed by atoms with Crippen molar-refractivity contribution in [3.8, 4) is 17.5 Å². The van der Waals surface area contributed by atoms with Gasteiger partial charge in [0, 0.05) is 36.7 Å². The Hall–Kier alpha value is -5.02. The van der Waals surface area contributed by atoms with Gasteiger partial charge in [-0.2, -0.15) is 0 Å². The van der Waals surface area contributed by atoms with Crippen LogP contribution in [0.5, 0.6) is 17.5 Å². The predicted molar refractivity (Wildman–Crippen MR) is 141 cm³/mol. The molecule has 0 radical (unpaired) electrons. The van der Waals surface area contributed by atoms with Crippen molar-refractivity contribution >= 4 is 17.8 Å². The molecule has 228 valence electrons. The number of benzene rings is 2. The molecule has 3 heterocycles. The van der Waals surface area contributed by atoms with E-state index in [1.165, 1.54) is 23.2 Å². The number of fused-ring (bicyclic) bond motifs is 1. The molecule has 5 rings (SSSR count). The standard InChI is InChI=1S/C27H26F3N5O8/c1-26(16-34-14-22(35(38)39)31-24(34)43-26)17-41-20-8-4-19(5-9-20)23(36)32-10-12-33(13-11-32)25(37)40-15-18-2-6-21(7-3-18)42-27(28,29)30/h2-9,14H,10-13,15-17H2,1H3. The Kier molecular flexibility index (Phi) is 8.02. The maximum absolute atomic E-state index is 13.0. The Morgan fingerprint density at radius 1 is 1.02 bits per heavy atom. The van der Waals surface area contributed by atoms with E-state index in [1.807, 2.05) is 0 Å². The summed E-state index contributed by atoms with van der Waals surface area (Å²) in [5, 5.41) is 10.9. The molecule has 13 nitrogen and oxygen atoms in total. The summed E-state index contributed by atoms with van der Waals surface area (Å²) in [6.45, 7) is 3.23. The van der Waals surface area contributed by atoms with E-state index in [9.17, 15) is 32.9 Å². The molecular formula is C27H26F3N5O8. The molecular weight excluding hydrogens is 579 g/mol. The van der Waals surface area contributed by atoms with E-state index in [0.717, 1.165) is 12.1 Å². The molecule has 0 saturated carbocycles. The van der Waals surface area contributed by atoms with Crippen LogP contribution in [0, 0.1) is 10.1 Å². The van der Waals surface area contributed by atoms with Gasteiger partial charge in [0.25, 0.3) is 5.91 Å². The Morgan fingerprint density at radius 3 is 2.26 bits per heavy atom. The zero-order valence-electron chi connectivity index (χ0n) is 22.8. The van der Waals surface area contributed by atoms with Crippen molar-refractivity contribution in [3.63, 3.8) is 0 Å². The van der Waals surface area contributed by atoms with Crippen LogP contribution in [0.1, 0.15) is 22.8 Å². The fraction of sp³-hybridized carbons (Fsp3) is 0.370. The summed E-state index contributed by atoms with van der Waals surface area (Å²) in [5.41, 5.74) is 0.160. The molecule has 1 aromatic heterocycles. The number of rotatable bonds is 8. The third kappa shape index (κ3) is 7.25. The SMILES string of the molecule is CC1(COc2ccc(C(=O)N3CCN(C(=O)OCc4ccc(OC(F)(F)F)cc4)CC3)cc2)Cn2cc([N+](=O)[O-])nc2O1. The van der Waals surface area contributed by atoms with Gasteiger partial charge in [-0.05, 0) is 53.8 Å². The Bertz CT molecular complexity index is 1460. The molecule has 2 aromatic carbocycles. The van der Waals surface area contributed by atoms with Crippen LogP contribution >= 0.6 is 0 Å². The minimum atomic E-state index is -4.79. The van der Waals surface area contributed by atoms with E-state index < -0.39 is 23.0 Å². The van der Waals surface area contributed by atoms with Gasteiger partial charge in [-0.15, -0.1) is 13.2 Å². The highest BCUT2D eigenvalue weighted by Crippen LogP contribution is 2.31. The van der Waals surface area contributed by atoms with Crippen molar-refractivity contribution in [2.45, 2.75) is 32.0 Å². The fourth-order valence-electron chi connectivity index (χ4n) is 4.58. The van der Waals surface area contributed by atoms with Gasteiger partial charge >= 0.3 is 24.3 Å². The average molecular weight is 606 g/mol. The lowest BCUT2D eigenvalue weighted by Crippen LogP contribution is -2.50. The van der Waals surface area contributed by atoms with Gasteiger partial charge in [0.05, 0.1) is 6.54 Å². The van der Waals surface area contributed by atoms with Crippen molar-refractivity contribution in [3.05, 3.63) is 76.0 Å². The summed E-state index contributed by atoms with van der Waals surface area (Å²) in [5.74, 6) is -0.361. The van der Waals surface area contributed by atoms with Gasteiger partial charge in [-0.1, -0.05) is 12.1 Å². The Balaban J connectivity index is 1.04. The topological polar surface area (TPSA) is 139 Å². The number of carbonyl (C=O) groups excluding carboxylic acids is 2. The average Bonchev–Trinajstić information content (AvgIpc) is 3.50. The summed E-state index contributed by atoms with van der Waals surface area (Å²) >= 11 is 0. The van der Waals surface area contributed by atoms with Gasteiger partial charge in [0.15, 0.2) is 5.60 Å². The van der Waals surface area contributed by atoms with E-state index >= 15 is 0 Å². The van der Waals surface area contributed by atoms with Crippen molar-refractivity contribution in [2.75, 3.05) is 32.8 Å². The van der Waals surface area contributed by atoms with Gasteiger partial charge in [-0.25, -0.2) is 4.79 Å². The van der Waals surface area contributed by atoms with Gasteiger partial charge in [0.1, 0.15) is 30.9 Å². The number of piperazine rings is 1. The molecule has 1 saturated heterocycles. The number of halogens is 3. The normalized spacial score (nSPS) is 18.0. The van der Waals surface area contributed by atoms with Gasteiger partial charge in [-0.3, -0.25) is 9.36 Å². The highest BCUT2D eigenvalue weighted by atomic mass is 19.4. The second kappa shape index (κ2) is 11.7. The number of nitro groups is 1. The van der Waals surface area contributed by atoms with Crippen molar-refractivity contribution in [2.24, 2.45) is 0 Å². The van der Waals surface area contributed by atoms with E-state index in [1.54, 1.807) is 40.7 Å². The first-order valence-corrected chi connectivity index (χ1v) is 13.1. The molecule has 1 atom stereocenters. The zero-order valence-corrected chi connectivity index (χ0v) is 22.8. The van der Waals surface area contributed by atoms with E-state index in [4.69, 9.17) is 14.2 Å². The second-order valence-electron chi connectivity index (χ2n) is 10.2. The van der Waals surface area contributed by atoms with E-state index in [-0.39, 0.29) is 49.8 Å². The van der Waals surface area contributed by atoms with Gasteiger partial charge in [0.2, 0.25) is 0 Å². The van der Waals surface area contributed by atoms with Gasteiger partial charge < -0.3 is 38.9 Å². The summed E-state index contributed by atoms with van der Waals surface area (Å²) in [6, 6.07) is 11.7. The lowest BCUT2D eigenvalue weighted by atomic mass is 10.1. The maximum Gasteiger partial charge on any atom is 0.573 e. The number of hydrogen-bond donors (Lipinski definition) is 0. The number of carbonyl (C=O) groups is 2. The smallest absolute Gasteiger partial charge is 0.489 e. The Morgan fingerprint density at radius 2 is 1.65 bits per heavy atom. The molecule has 0 bridgehead atoms. The number of nitrogens with zero attached hydrogens (tertiary/aromatic N) is 5. The number of aromatic nitrogens is 2. The summed E-state index contributed by atoms with van der Waals surface area (Å²) in [6.07, 6.45) is -4.07. The first kappa shape index (κ1) is 29.5. The molecule has 43 heavy (non-hydrogen) atoms.